The van der Waals surface area contributed by atoms with Gasteiger partial charge in [-0.2, -0.15) is 16.6 Å². The topological polar surface area (TPSA) is 128 Å². The van der Waals surface area contributed by atoms with E-state index in [0.717, 1.165) is 31.5 Å². The molecular formula is C28H27Cl2FN8S. The van der Waals surface area contributed by atoms with Crippen molar-refractivity contribution in [2.24, 2.45) is 11.6 Å². The van der Waals surface area contributed by atoms with Crippen molar-refractivity contribution in [2.75, 3.05) is 23.7 Å². The summed E-state index contributed by atoms with van der Waals surface area (Å²) in [6.07, 6.45) is 5.09. The van der Waals surface area contributed by atoms with Crippen molar-refractivity contribution in [3.8, 4) is 6.07 Å². The first-order chi connectivity index (χ1) is 19.3. The first-order valence-electron chi connectivity index (χ1n) is 12.6. The molecule has 2 aromatic heterocycles. The zero-order chi connectivity index (χ0) is 28.2. The number of nitrogens with two attached hydrogens (primary N) is 2. The lowest BCUT2D eigenvalue weighted by atomic mass is 10.0. The van der Waals surface area contributed by atoms with E-state index in [1.54, 1.807) is 28.6 Å². The van der Waals surface area contributed by atoms with Crippen LogP contribution in [0.3, 0.4) is 0 Å². The number of aromatic nitrogens is 1. The number of rotatable bonds is 8. The maximum atomic E-state index is 13.8. The maximum Gasteiger partial charge on any atom is 0.141 e. The second-order valence-electron chi connectivity index (χ2n) is 9.46. The molecule has 3 heterocycles. The molecule has 0 amide bonds. The van der Waals surface area contributed by atoms with Crippen LogP contribution >= 0.6 is 34.5 Å². The van der Waals surface area contributed by atoms with E-state index in [1.165, 1.54) is 24.4 Å². The van der Waals surface area contributed by atoms with Crippen molar-refractivity contribution >= 4 is 62.5 Å². The van der Waals surface area contributed by atoms with Crippen molar-refractivity contribution in [1.29, 1.82) is 5.26 Å². The number of thiophene rings is 1. The number of hydrogen-bond donors (Lipinski definition) is 5. The number of anilines is 3. The Kier molecular flexibility index (Phi) is 8.59. The van der Waals surface area contributed by atoms with Crippen LogP contribution < -0.4 is 27.5 Å². The number of fused-ring (bicyclic) bond motifs is 1. The average Bonchev–Trinajstić information content (AvgIpc) is 3.49. The molecule has 40 heavy (non-hydrogen) atoms. The van der Waals surface area contributed by atoms with Gasteiger partial charge in [0, 0.05) is 35.2 Å². The van der Waals surface area contributed by atoms with Crippen molar-refractivity contribution in [2.45, 2.75) is 24.9 Å². The lowest BCUT2D eigenvalue weighted by Crippen LogP contribution is -2.44. The fraction of sp³-hybridized carbons (Fsp3) is 0.214. The summed E-state index contributed by atoms with van der Waals surface area (Å²) in [5.74, 6) is 5.86. The first-order valence-corrected chi connectivity index (χ1v) is 14.3. The maximum absolute atomic E-state index is 13.8. The second kappa shape index (κ2) is 12.3. The molecule has 8 nitrogen and oxygen atoms in total. The van der Waals surface area contributed by atoms with Crippen LogP contribution in [0.15, 0.2) is 65.3 Å². The van der Waals surface area contributed by atoms with E-state index in [2.05, 4.69) is 27.0 Å². The normalized spacial score (nSPS) is 15.0. The summed E-state index contributed by atoms with van der Waals surface area (Å²) in [7, 11) is 0. The van der Waals surface area contributed by atoms with Gasteiger partial charge in [-0.1, -0.05) is 23.2 Å². The van der Waals surface area contributed by atoms with Crippen LogP contribution in [-0.4, -0.2) is 29.1 Å². The second-order valence-corrected chi connectivity index (χ2v) is 11.1. The van der Waals surface area contributed by atoms with E-state index in [9.17, 15) is 9.65 Å². The lowest BCUT2D eigenvalue weighted by molar-refractivity contribution is 0.228. The lowest BCUT2D eigenvalue weighted by Gasteiger charge is -2.31. The highest BCUT2D eigenvalue weighted by atomic mass is 35.5. The van der Waals surface area contributed by atoms with Gasteiger partial charge in [0.25, 0.3) is 0 Å². The number of pyridine rings is 1. The molecule has 12 heteroatoms. The molecule has 0 saturated carbocycles. The monoisotopic (exact) mass is 596 g/mol. The van der Waals surface area contributed by atoms with Gasteiger partial charge in [-0.25, -0.2) is 10.2 Å². The third kappa shape index (κ3) is 6.09. The summed E-state index contributed by atoms with van der Waals surface area (Å²) in [4.78, 5) is 4.41. The van der Waals surface area contributed by atoms with Gasteiger partial charge >= 0.3 is 0 Å². The minimum atomic E-state index is -0.539. The molecule has 7 N–H and O–H groups in total. The van der Waals surface area contributed by atoms with Crippen LogP contribution in [0.2, 0.25) is 10.0 Å². The van der Waals surface area contributed by atoms with Crippen LogP contribution in [0.25, 0.3) is 10.9 Å². The van der Waals surface area contributed by atoms with Crippen LogP contribution in [0.1, 0.15) is 30.0 Å². The Morgan fingerprint density at radius 1 is 1.20 bits per heavy atom. The molecule has 1 fully saturated rings. The Morgan fingerprint density at radius 3 is 2.67 bits per heavy atom. The molecule has 1 aliphatic rings. The molecule has 1 aliphatic heterocycles. The molecule has 2 aromatic carbocycles. The average molecular weight is 598 g/mol. The molecule has 5 rings (SSSR count). The van der Waals surface area contributed by atoms with Crippen LogP contribution in [-0.2, 0) is 0 Å². The summed E-state index contributed by atoms with van der Waals surface area (Å²) < 4.78 is 13.8. The van der Waals surface area contributed by atoms with Gasteiger partial charge in [0.15, 0.2) is 0 Å². The van der Waals surface area contributed by atoms with Crippen LogP contribution in [0.5, 0.6) is 0 Å². The fourth-order valence-corrected chi connectivity index (χ4v) is 5.84. The van der Waals surface area contributed by atoms with E-state index in [0.29, 0.717) is 38.7 Å². The minimum absolute atomic E-state index is 0.0402. The van der Waals surface area contributed by atoms with Gasteiger partial charge in [-0.05, 0) is 78.7 Å². The van der Waals surface area contributed by atoms with E-state index in [-0.39, 0.29) is 16.6 Å². The van der Waals surface area contributed by atoms with Gasteiger partial charge in [0.2, 0.25) is 0 Å². The molecule has 0 radical (unpaired) electrons. The molecular weight excluding hydrogens is 570 g/mol. The van der Waals surface area contributed by atoms with Gasteiger partial charge < -0.3 is 26.7 Å². The zero-order valence-corrected chi connectivity index (χ0v) is 23.6. The summed E-state index contributed by atoms with van der Waals surface area (Å²) in [5, 5.41) is 26.5. The van der Waals surface area contributed by atoms with E-state index in [4.69, 9.17) is 34.8 Å². The summed E-state index contributed by atoms with van der Waals surface area (Å²) >= 11 is 14.2. The van der Waals surface area contributed by atoms with E-state index in [1.807, 2.05) is 22.9 Å². The number of nitrogens with one attached hydrogen (secondary N) is 3. The SMILES string of the molecule is N#Cc1cnc2c(Cl)cc(N[C@H](/C(N)=C/N(N)C3CCNCC3)c3ccsc3)cc2c1Nc1ccc(F)c(Cl)c1. The Hall–Kier alpha value is -3.59. The third-order valence-corrected chi connectivity index (χ3v) is 8.06. The fourth-order valence-electron chi connectivity index (χ4n) is 4.70. The third-order valence-electron chi connectivity index (χ3n) is 6.78. The van der Waals surface area contributed by atoms with Crippen molar-refractivity contribution in [1.82, 2.24) is 15.3 Å². The quantitative estimate of drug-likeness (QED) is 0.119. The Balaban J connectivity index is 1.53. The van der Waals surface area contributed by atoms with Gasteiger partial charge in [-0.3, -0.25) is 4.98 Å². The molecule has 0 unspecified atom stereocenters. The molecule has 1 saturated heterocycles. The van der Waals surface area contributed by atoms with Gasteiger partial charge in [0.1, 0.15) is 11.9 Å². The number of hydrogen-bond acceptors (Lipinski definition) is 9. The van der Waals surface area contributed by atoms with E-state index >= 15 is 0 Å². The predicted molar refractivity (Wildman–Crippen MR) is 161 cm³/mol. The van der Waals surface area contributed by atoms with Gasteiger partial charge in [-0.15, -0.1) is 0 Å². The smallest absolute Gasteiger partial charge is 0.141 e. The van der Waals surface area contributed by atoms with Crippen molar-refractivity contribution in [3.63, 3.8) is 0 Å². The summed E-state index contributed by atoms with van der Waals surface area (Å²) in [6, 6.07) is 11.8. The van der Waals surface area contributed by atoms with Crippen LogP contribution in [0.4, 0.5) is 21.5 Å². The summed E-state index contributed by atoms with van der Waals surface area (Å²) in [6.45, 7) is 1.82. The summed E-state index contributed by atoms with van der Waals surface area (Å²) in [5.41, 5.74) is 10.6. The Bertz CT molecular complexity index is 1580. The first kappa shape index (κ1) is 28.0. The molecule has 206 valence electrons. The largest absolute Gasteiger partial charge is 0.399 e. The number of nitrogens with zero attached hydrogens (tertiary/aromatic N) is 3. The van der Waals surface area contributed by atoms with Crippen molar-refractivity contribution in [3.05, 3.63) is 92.2 Å². The zero-order valence-electron chi connectivity index (χ0n) is 21.3. The van der Waals surface area contributed by atoms with Gasteiger partial charge in [0.05, 0.1) is 38.6 Å². The Morgan fingerprint density at radius 2 is 1.98 bits per heavy atom. The molecule has 0 aliphatic carbocycles. The number of hydrazine groups is 1. The molecule has 0 spiro atoms. The standard InChI is InChI=1S/C28H27Cl2FN8S/c29-22-10-18(1-2-24(22)31)37-26-17(12-32)13-36-28-21(26)9-19(11-23(28)30)38-27(16-5-8-40-15-16)25(33)14-39(34)20-3-6-35-7-4-20/h1-2,5,8-11,13-15,20,27,35,38H,3-4,6-7,33-34H2,(H,36,37)/b25-14-/t27-/m0/s1. The number of benzene rings is 2. The molecule has 4 aromatic rings. The highest BCUT2D eigenvalue weighted by Gasteiger charge is 2.21. The number of halogens is 3. The highest BCUT2D eigenvalue weighted by Crippen LogP contribution is 2.37. The van der Waals surface area contributed by atoms with Crippen molar-refractivity contribution < 1.29 is 4.39 Å². The van der Waals surface area contributed by atoms with Crippen LogP contribution in [0, 0.1) is 17.1 Å². The number of piperidine rings is 1. The van der Waals surface area contributed by atoms with E-state index < -0.39 is 11.9 Å². The minimum Gasteiger partial charge on any atom is -0.399 e. The predicted octanol–water partition coefficient (Wildman–Crippen LogP) is 6.24. The number of nitriles is 1. The molecule has 1 atom stereocenters. The molecule has 0 bridgehead atoms. The Labute approximate surface area is 245 Å². The highest BCUT2D eigenvalue weighted by molar-refractivity contribution is 7.08.